The summed E-state index contributed by atoms with van der Waals surface area (Å²) in [7, 11) is 1.61. The number of methoxy groups -OCH3 is 1. The number of imide groups is 1. The third-order valence-electron chi connectivity index (χ3n) is 7.45. The van der Waals surface area contributed by atoms with Crippen LogP contribution in [0.2, 0.25) is 10.0 Å². The molecule has 2 aliphatic rings. The second kappa shape index (κ2) is 9.29. The second-order valence-corrected chi connectivity index (χ2v) is 11.6. The number of amides is 2. The molecule has 0 bridgehead atoms. The molecule has 8 heteroatoms. The number of benzene rings is 1. The summed E-state index contributed by atoms with van der Waals surface area (Å²) in [5.74, 6) is 0.133. The van der Waals surface area contributed by atoms with Gasteiger partial charge in [-0.2, -0.15) is 0 Å². The van der Waals surface area contributed by atoms with Gasteiger partial charge in [0, 0.05) is 34.8 Å². The van der Waals surface area contributed by atoms with E-state index < -0.39 is 17.1 Å². The van der Waals surface area contributed by atoms with E-state index in [2.05, 4.69) is 4.98 Å². The molecule has 5 atom stereocenters. The first-order chi connectivity index (χ1) is 16.4. The molecule has 0 spiro atoms. The van der Waals surface area contributed by atoms with Crippen LogP contribution in [0, 0.1) is 11.3 Å². The highest BCUT2D eigenvalue weighted by Crippen LogP contribution is 2.61. The normalized spacial score (nSPS) is 28.6. The quantitative estimate of drug-likeness (QED) is 0.444. The Morgan fingerprint density at radius 1 is 1.20 bits per heavy atom. The number of hydrogen-bond acceptors (Lipinski definition) is 5. The fourth-order valence-corrected chi connectivity index (χ4v) is 6.39. The van der Waals surface area contributed by atoms with Crippen LogP contribution in [0.15, 0.2) is 36.5 Å². The predicted molar refractivity (Wildman–Crippen MR) is 136 cm³/mol. The maximum Gasteiger partial charge on any atom is 0.417 e. The van der Waals surface area contributed by atoms with Gasteiger partial charge in [-0.15, -0.1) is 0 Å². The number of halogens is 2. The Bertz CT molecular complexity index is 1130. The fourth-order valence-electron chi connectivity index (χ4n) is 5.97. The molecule has 35 heavy (non-hydrogen) atoms. The summed E-state index contributed by atoms with van der Waals surface area (Å²) in [6, 6.07) is 9.05. The Labute approximate surface area is 216 Å². The van der Waals surface area contributed by atoms with Gasteiger partial charge in [0.05, 0.1) is 17.5 Å². The van der Waals surface area contributed by atoms with Gasteiger partial charge in [-0.3, -0.25) is 9.78 Å². The van der Waals surface area contributed by atoms with Crippen molar-refractivity contribution in [3.63, 3.8) is 0 Å². The van der Waals surface area contributed by atoms with Crippen molar-refractivity contribution in [2.75, 3.05) is 7.11 Å². The molecular formula is C27H32Cl2N2O4. The Kier molecular flexibility index (Phi) is 6.84. The fraction of sp³-hybridized carbons (Fsp3) is 0.519. The Morgan fingerprint density at radius 2 is 1.91 bits per heavy atom. The second-order valence-electron chi connectivity index (χ2n) is 10.8. The van der Waals surface area contributed by atoms with Crippen LogP contribution in [-0.4, -0.2) is 40.6 Å². The average Bonchev–Trinajstić information content (AvgIpc) is 2.98. The van der Waals surface area contributed by atoms with Gasteiger partial charge in [-0.1, -0.05) is 36.2 Å². The molecule has 2 amide bonds. The van der Waals surface area contributed by atoms with Crippen LogP contribution < -0.4 is 4.74 Å². The highest BCUT2D eigenvalue weighted by molar-refractivity contribution is 6.31. The minimum Gasteiger partial charge on any atom is -0.497 e. The van der Waals surface area contributed by atoms with Crippen molar-refractivity contribution in [3.05, 3.63) is 57.8 Å². The van der Waals surface area contributed by atoms with Gasteiger partial charge in [-0.25, -0.2) is 9.69 Å². The molecule has 2 fully saturated rings. The van der Waals surface area contributed by atoms with Gasteiger partial charge in [0.1, 0.15) is 11.4 Å². The van der Waals surface area contributed by atoms with Crippen molar-refractivity contribution in [1.82, 2.24) is 9.88 Å². The Hall–Kier alpha value is -2.31. The summed E-state index contributed by atoms with van der Waals surface area (Å²) in [4.78, 5) is 32.9. The van der Waals surface area contributed by atoms with Crippen molar-refractivity contribution in [2.45, 2.75) is 70.9 Å². The number of hydrogen-bond donors (Lipinski definition) is 0. The molecule has 1 aromatic carbocycles. The number of carbonyl (C=O) groups is 2. The summed E-state index contributed by atoms with van der Waals surface area (Å²) in [6.07, 6.45) is 2.36. The van der Waals surface area contributed by atoms with Gasteiger partial charge in [0.25, 0.3) is 0 Å². The van der Waals surface area contributed by atoms with Crippen LogP contribution in [0.3, 0.4) is 0 Å². The average molecular weight is 519 g/mol. The van der Waals surface area contributed by atoms with Crippen LogP contribution in [0.25, 0.3) is 0 Å². The molecule has 0 N–H and O–H groups in total. The molecule has 2 aromatic rings. The molecule has 4 rings (SSSR count). The molecule has 6 nitrogen and oxygen atoms in total. The lowest BCUT2D eigenvalue weighted by molar-refractivity contribution is -0.137. The monoisotopic (exact) mass is 518 g/mol. The number of likely N-dealkylation sites (tertiary alicyclic amines) is 1. The van der Waals surface area contributed by atoms with Crippen molar-refractivity contribution >= 4 is 35.2 Å². The Balaban J connectivity index is 1.82. The van der Waals surface area contributed by atoms with E-state index in [1.165, 1.54) is 4.90 Å². The zero-order valence-electron chi connectivity index (χ0n) is 21.0. The van der Waals surface area contributed by atoms with E-state index in [0.717, 1.165) is 11.3 Å². The summed E-state index contributed by atoms with van der Waals surface area (Å²) in [5.41, 5.74) is 0.360. The molecule has 2 heterocycles. The van der Waals surface area contributed by atoms with Crippen LogP contribution in [0.1, 0.15) is 70.6 Å². The lowest BCUT2D eigenvalue weighted by atomic mass is 9.56. The van der Waals surface area contributed by atoms with E-state index in [1.54, 1.807) is 34.1 Å². The molecule has 188 valence electrons. The number of aromatic nitrogens is 1. The van der Waals surface area contributed by atoms with Crippen LogP contribution in [0.4, 0.5) is 4.79 Å². The smallest absolute Gasteiger partial charge is 0.417 e. The van der Waals surface area contributed by atoms with Crippen LogP contribution in [0.5, 0.6) is 5.75 Å². The lowest BCUT2D eigenvalue weighted by Crippen LogP contribution is -2.43. The van der Waals surface area contributed by atoms with Gasteiger partial charge < -0.3 is 9.47 Å². The first kappa shape index (κ1) is 25.8. The first-order valence-electron chi connectivity index (χ1n) is 11.9. The molecule has 1 aromatic heterocycles. The molecule has 0 radical (unpaired) electrons. The molecule has 1 aliphatic carbocycles. The molecule has 1 aliphatic heterocycles. The molecule has 0 unspecified atom stereocenters. The zero-order chi connectivity index (χ0) is 25.7. The Morgan fingerprint density at radius 3 is 2.49 bits per heavy atom. The number of fused-ring (bicyclic) bond motifs is 1. The van der Waals surface area contributed by atoms with E-state index >= 15 is 0 Å². The van der Waals surface area contributed by atoms with Crippen LogP contribution in [-0.2, 0) is 9.53 Å². The highest BCUT2D eigenvalue weighted by atomic mass is 35.5. The maximum atomic E-state index is 13.8. The molecular weight excluding hydrogens is 487 g/mol. The lowest BCUT2D eigenvalue weighted by Gasteiger charge is -2.45. The third-order valence-corrected chi connectivity index (χ3v) is 8.01. The first-order valence-corrected chi connectivity index (χ1v) is 12.6. The largest absolute Gasteiger partial charge is 0.497 e. The van der Waals surface area contributed by atoms with E-state index in [4.69, 9.17) is 32.7 Å². The van der Waals surface area contributed by atoms with Gasteiger partial charge in [-0.05, 0) is 76.3 Å². The number of pyridine rings is 1. The number of nitrogens with zero attached hydrogens (tertiary/aromatic N) is 2. The topological polar surface area (TPSA) is 68.7 Å². The molecule has 1 saturated heterocycles. The van der Waals surface area contributed by atoms with E-state index in [1.807, 2.05) is 44.2 Å². The van der Waals surface area contributed by atoms with E-state index in [0.29, 0.717) is 28.6 Å². The van der Waals surface area contributed by atoms with E-state index in [9.17, 15) is 9.59 Å². The number of ether oxygens (including phenoxy) is 2. The standard InChI is InChI=1S/C27H32Cl2N2O4/c1-15-23-22(21-10-7-16(28)14-30-21)19(18-9-8-17(34-6)13-20(18)29)11-12-27(23,5)24(32)31(15)25(33)35-26(2,3)4/h7-10,13-15,19,22-23H,11-12H2,1-6H3/t15-,19-,22+,23-,27+/m0/s1. The summed E-state index contributed by atoms with van der Waals surface area (Å²) in [6.45, 7) is 9.29. The minimum atomic E-state index is -0.738. The summed E-state index contributed by atoms with van der Waals surface area (Å²) >= 11 is 12.9. The third kappa shape index (κ3) is 4.63. The number of carbonyl (C=O) groups excluding carboxylic acids is 2. The highest BCUT2D eigenvalue weighted by Gasteiger charge is 2.63. The molecule has 1 saturated carbocycles. The van der Waals surface area contributed by atoms with Crippen LogP contribution >= 0.6 is 23.2 Å². The van der Waals surface area contributed by atoms with Gasteiger partial charge in [0.15, 0.2) is 0 Å². The van der Waals surface area contributed by atoms with Crippen molar-refractivity contribution in [2.24, 2.45) is 11.3 Å². The maximum absolute atomic E-state index is 13.8. The summed E-state index contributed by atoms with van der Waals surface area (Å²) < 4.78 is 11.0. The zero-order valence-corrected chi connectivity index (χ0v) is 22.5. The number of rotatable bonds is 3. The minimum absolute atomic E-state index is 0.00556. The predicted octanol–water partition coefficient (Wildman–Crippen LogP) is 6.85. The van der Waals surface area contributed by atoms with E-state index in [-0.39, 0.29) is 29.7 Å². The summed E-state index contributed by atoms with van der Waals surface area (Å²) in [5, 5.41) is 1.15. The van der Waals surface area contributed by atoms with Gasteiger partial charge in [0.2, 0.25) is 5.91 Å². The SMILES string of the molecule is COc1ccc([C@@H]2CC[C@@]3(C)C(=O)N(C(=O)OC(C)(C)C)[C@@H](C)[C@H]3[C@H]2c2ccc(Cl)cn2)c(Cl)c1. The van der Waals surface area contributed by atoms with Crippen molar-refractivity contribution < 1.29 is 19.1 Å². The van der Waals surface area contributed by atoms with Crippen molar-refractivity contribution in [1.29, 1.82) is 0 Å². The van der Waals surface area contributed by atoms with Crippen molar-refractivity contribution in [3.8, 4) is 5.75 Å². The van der Waals surface area contributed by atoms with Gasteiger partial charge >= 0.3 is 6.09 Å².